The van der Waals surface area contributed by atoms with Gasteiger partial charge in [-0.15, -0.1) is 0 Å². The molecule has 0 aliphatic carbocycles. The number of para-hydroxylation sites is 2. The Morgan fingerprint density at radius 2 is 1.27 bits per heavy atom. The zero-order valence-electron chi connectivity index (χ0n) is 7.85. The minimum Gasteiger partial charge on any atom is -0.456 e. The van der Waals surface area contributed by atoms with Crippen molar-refractivity contribution in [2.45, 2.75) is 0 Å². The Bertz CT molecular complexity index is 467. The van der Waals surface area contributed by atoms with Crippen LogP contribution in [0.4, 0.5) is 0 Å². The molecule has 0 saturated carbocycles. The number of rotatable bonds is 0. The van der Waals surface area contributed by atoms with Crippen molar-refractivity contribution in [3.63, 3.8) is 0 Å². The summed E-state index contributed by atoms with van der Waals surface area (Å²) in [4.78, 5) is 0. The van der Waals surface area contributed by atoms with Crippen LogP contribution in [0, 0.1) is 0 Å². The van der Waals surface area contributed by atoms with Crippen LogP contribution in [0.2, 0.25) is 0 Å². The lowest BCUT2D eigenvalue weighted by molar-refractivity contribution is 0.489. The molecule has 1 aliphatic heterocycles. The largest absolute Gasteiger partial charge is 0.456 e. The van der Waals surface area contributed by atoms with Crippen molar-refractivity contribution in [1.29, 1.82) is 0 Å². The standard InChI is InChI=1S/C12H8BrOP/c13-15-11-7-3-1-5-9(11)14-10-6-2-4-8-12(10)15/h1-8H. The first-order valence-corrected chi connectivity index (χ1v) is 8.04. The summed E-state index contributed by atoms with van der Waals surface area (Å²) in [5, 5.41) is 2.51. The second-order valence-electron chi connectivity index (χ2n) is 3.32. The second-order valence-corrected chi connectivity index (χ2v) is 6.97. The fourth-order valence-corrected chi connectivity index (χ4v) is 4.74. The van der Waals surface area contributed by atoms with Gasteiger partial charge in [-0.1, -0.05) is 24.3 Å². The van der Waals surface area contributed by atoms with Crippen LogP contribution in [0.5, 0.6) is 11.5 Å². The Morgan fingerprint density at radius 3 is 1.80 bits per heavy atom. The third-order valence-corrected chi connectivity index (χ3v) is 6.25. The number of hydrogen-bond acceptors (Lipinski definition) is 1. The van der Waals surface area contributed by atoms with Gasteiger partial charge in [-0.25, -0.2) is 0 Å². The van der Waals surface area contributed by atoms with E-state index in [1.54, 1.807) is 0 Å². The van der Waals surface area contributed by atoms with E-state index in [4.69, 9.17) is 4.74 Å². The quantitative estimate of drug-likeness (QED) is 0.670. The topological polar surface area (TPSA) is 9.23 Å². The van der Waals surface area contributed by atoms with Crippen LogP contribution in [-0.4, -0.2) is 0 Å². The Hall–Kier alpha value is -0.850. The number of halogens is 1. The van der Waals surface area contributed by atoms with Crippen molar-refractivity contribution in [2.24, 2.45) is 0 Å². The van der Waals surface area contributed by atoms with Gasteiger partial charge in [-0.05, 0) is 39.8 Å². The maximum atomic E-state index is 5.83. The summed E-state index contributed by atoms with van der Waals surface area (Å²) in [6.07, 6.45) is 0. The fraction of sp³-hybridized carbons (Fsp3) is 0. The molecule has 0 fully saturated rings. The zero-order chi connectivity index (χ0) is 10.3. The molecule has 2 aromatic rings. The van der Waals surface area contributed by atoms with E-state index in [-0.39, 0.29) is 0 Å². The Labute approximate surface area is 97.6 Å². The summed E-state index contributed by atoms with van der Waals surface area (Å²) in [6, 6.07) is 16.4. The molecule has 3 heteroatoms. The predicted octanol–water partition coefficient (Wildman–Crippen LogP) is 3.53. The lowest BCUT2D eigenvalue weighted by Crippen LogP contribution is -2.17. The number of ether oxygens (including phenoxy) is 1. The molecule has 0 unspecified atom stereocenters. The third-order valence-electron chi connectivity index (χ3n) is 2.37. The van der Waals surface area contributed by atoms with E-state index in [9.17, 15) is 0 Å². The molecule has 3 rings (SSSR count). The first-order valence-electron chi connectivity index (χ1n) is 4.68. The van der Waals surface area contributed by atoms with Crippen LogP contribution in [0.3, 0.4) is 0 Å². The van der Waals surface area contributed by atoms with Gasteiger partial charge in [0.1, 0.15) is 11.5 Å². The monoisotopic (exact) mass is 278 g/mol. The van der Waals surface area contributed by atoms with Gasteiger partial charge in [0.2, 0.25) is 0 Å². The molecule has 1 nitrogen and oxygen atoms in total. The molecule has 15 heavy (non-hydrogen) atoms. The summed E-state index contributed by atoms with van der Waals surface area (Å²) >= 11 is 3.77. The van der Waals surface area contributed by atoms with Gasteiger partial charge in [0.25, 0.3) is 0 Å². The van der Waals surface area contributed by atoms with Crippen LogP contribution in [0.15, 0.2) is 48.5 Å². The van der Waals surface area contributed by atoms with Gasteiger partial charge in [0, 0.05) is 17.2 Å². The van der Waals surface area contributed by atoms with Gasteiger partial charge in [-0.2, -0.15) is 0 Å². The normalized spacial score (nSPS) is 13.9. The highest BCUT2D eigenvalue weighted by molar-refractivity contribution is 9.41. The summed E-state index contributed by atoms with van der Waals surface area (Å²) in [7, 11) is 0. The molecule has 1 aliphatic rings. The van der Waals surface area contributed by atoms with E-state index in [1.807, 2.05) is 36.4 Å². The Morgan fingerprint density at radius 1 is 0.800 bits per heavy atom. The van der Waals surface area contributed by atoms with Crippen LogP contribution >= 0.6 is 22.1 Å². The molecular weight excluding hydrogens is 271 g/mol. The van der Waals surface area contributed by atoms with E-state index < -0.39 is 6.62 Å². The minimum atomic E-state index is -0.436. The molecule has 0 N–H and O–H groups in total. The molecular formula is C12H8BrOP. The van der Waals surface area contributed by atoms with E-state index in [2.05, 4.69) is 27.6 Å². The van der Waals surface area contributed by atoms with Gasteiger partial charge in [0.15, 0.2) is 0 Å². The minimum absolute atomic E-state index is 0.436. The van der Waals surface area contributed by atoms with Crippen LogP contribution in [0.1, 0.15) is 0 Å². The van der Waals surface area contributed by atoms with E-state index >= 15 is 0 Å². The van der Waals surface area contributed by atoms with Crippen LogP contribution < -0.4 is 15.3 Å². The second kappa shape index (κ2) is 3.62. The molecule has 0 saturated heterocycles. The molecule has 2 aromatic carbocycles. The summed E-state index contributed by atoms with van der Waals surface area (Å²) in [5.41, 5.74) is 0. The van der Waals surface area contributed by atoms with Gasteiger partial charge in [0.05, 0.1) is 0 Å². The van der Waals surface area contributed by atoms with E-state index in [0.717, 1.165) is 11.5 Å². The van der Waals surface area contributed by atoms with E-state index in [1.165, 1.54) is 10.6 Å². The molecule has 0 aromatic heterocycles. The summed E-state index contributed by atoms with van der Waals surface area (Å²) in [5.74, 6) is 1.94. The fourth-order valence-electron chi connectivity index (χ4n) is 1.66. The third kappa shape index (κ3) is 1.49. The molecule has 0 bridgehead atoms. The van der Waals surface area contributed by atoms with Crippen molar-refractivity contribution in [2.75, 3.05) is 0 Å². The van der Waals surface area contributed by atoms with Crippen molar-refractivity contribution >= 4 is 32.7 Å². The molecule has 74 valence electrons. The van der Waals surface area contributed by atoms with Crippen molar-refractivity contribution < 1.29 is 4.74 Å². The number of benzene rings is 2. The number of fused-ring (bicyclic) bond motifs is 2. The lowest BCUT2D eigenvalue weighted by Gasteiger charge is -2.23. The summed E-state index contributed by atoms with van der Waals surface area (Å²) in [6.45, 7) is -0.436. The smallest absolute Gasteiger partial charge is 0.136 e. The molecule has 0 radical (unpaired) electrons. The highest BCUT2D eigenvalue weighted by atomic mass is 79.9. The van der Waals surface area contributed by atoms with Crippen LogP contribution in [0.25, 0.3) is 0 Å². The lowest BCUT2D eigenvalue weighted by atomic mass is 10.3. The Kier molecular flexibility index (Phi) is 2.27. The van der Waals surface area contributed by atoms with Gasteiger partial charge < -0.3 is 4.74 Å². The molecule has 0 atom stereocenters. The molecule has 1 heterocycles. The highest BCUT2D eigenvalue weighted by Gasteiger charge is 2.23. The molecule has 0 spiro atoms. The summed E-state index contributed by atoms with van der Waals surface area (Å²) < 4.78 is 5.83. The average molecular weight is 279 g/mol. The maximum absolute atomic E-state index is 5.83. The van der Waals surface area contributed by atoms with Crippen molar-refractivity contribution in [1.82, 2.24) is 0 Å². The van der Waals surface area contributed by atoms with Crippen LogP contribution in [-0.2, 0) is 0 Å². The number of hydrogen-bond donors (Lipinski definition) is 0. The van der Waals surface area contributed by atoms with Gasteiger partial charge in [-0.3, -0.25) is 0 Å². The first kappa shape index (κ1) is 9.38. The predicted molar refractivity (Wildman–Crippen MR) is 68.1 cm³/mol. The zero-order valence-corrected chi connectivity index (χ0v) is 10.3. The van der Waals surface area contributed by atoms with Crippen molar-refractivity contribution in [3.05, 3.63) is 48.5 Å². The first-order chi connectivity index (χ1) is 7.36. The Balaban J connectivity index is 2.20. The van der Waals surface area contributed by atoms with E-state index in [0.29, 0.717) is 0 Å². The van der Waals surface area contributed by atoms with Gasteiger partial charge >= 0.3 is 0 Å². The molecule has 0 amide bonds. The highest BCUT2D eigenvalue weighted by Crippen LogP contribution is 2.50. The maximum Gasteiger partial charge on any atom is 0.136 e. The van der Waals surface area contributed by atoms with Crippen molar-refractivity contribution in [3.8, 4) is 11.5 Å². The SMILES string of the molecule is BrP1c2ccccc2Oc2ccccc21. The average Bonchev–Trinajstić information content (AvgIpc) is 2.30.